The Morgan fingerprint density at radius 3 is 2.27 bits per heavy atom. The summed E-state index contributed by atoms with van der Waals surface area (Å²) in [5, 5.41) is 14.1. The van der Waals surface area contributed by atoms with Gasteiger partial charge in [0.05, 0.1) is 7.11 Å². The second-order valence-electron chi connectivity index (χ2n) is 6.30. The molecule has 0 aliphatic rings. The molecule has 0 unspecified atom stereocenters. The number of hydrogen-bond donors (Lipinski definition) is 3. The number of nitrogens with one attached hydrogen (secondary N) is 2. The first kappa shape index (κ1) is 21.2. The van der Waals surface area contributed by atoms with Crippen LogP contribution in [0.4, 0.5) is 0 Å². The predicted octanol–water partition coefficient (Wildman–Crippen LogP) is 1.53. The van der Waals surface area contributed by atoms with Gasteiger partial charge in [-0.3, -0.25) is 9.59 Å². The predicted molar refractivity (Wildman–Crippen MR) is 97.9 cm³/mol. The maximum atomic E-state index is 12.5. The van der Waals surface area contributed by atoms with E-state index in [-0.39, 0.29) is 23.8 Å². The van der Waals surface area contributed by atoms with E-state index in [9.17, 15) is 14.4 Å². The molecule has 1 aromatic rings. The van der Waals surface area contributed by atoms with Gasteiger partial charge in [0.15, 0.2) is 0 Å². The number of likely N-dealkylation sites (N-methyl/N-ethyl adjacent to an activating group) is 1. The zero-order chi connectivity index (χ0) is 19.7. The van der Waals surface area contributed by atoms with Crippen molar-refractivity contribution in [3.63, 3.8) is 0 Å². The van der Waals surface area contributed by atoms with Gasteiger partial charge in [-0.15, -0.1) is 0 Å². The number of carbonyl (C=O) groups excluding carboxylic acids is 2. The minimum Gasteiger partial charge on any atom is -0.497 e. The van der Waals surface area contributed by atoms with Crippen LogP contribution >= 0.6 is 0 Å². The van der Waals surface area contributed by atoms with E-state index in [1.807, 2.05) is 26.0 Å². The van der Waals surface area contributed by atoms with Crippen molar-refractivity contribution in [2.24, 2.45) is 5.92 Å². The molecule has 0 saturated heterocycles. The number of benzene rings is 1. The highest BCUT2D eigenvalue weighted by molar-refractivity contribution is 6.01. The molecule has 7 nitrogen and oxygen atoms in total. The molecule has 0 fully saturated rings. The summed E-state index contributed by atoms with van der Waals surface area (Å²) in [6, 6.07) is 6.34. The Kier molecular flexibility index (Phi) is 8.34. The van der Waals surface area contributed by atoms with Crippen LogP contribution in [-0.4, -0.2) is 43.1 Å². The monoisotopic (exact) mass is 362 g/mol. The minimum absolute atomic E-state index is 0.103. The van der Waals surface area contributed by atoms with Gasteiger partial charge in [-0.25, -0.2) is 4.79 Å². The number of carboxylic acids is 1. The number of hydrogen-bond acceptors (Lipinski definition) is 4. The third-order valence-corrected chi connectivity index (χ3v) is 3.68. The van der Waals surface area contributed by atoms with Crippen molar-refractivity contribution in [1.29, 1.82) is 0 Å². The summed E-state index contributed by atoms with van der Waals surface area (Å²) in [5.74, 6) is -1.30. The molecule has 2 amide bonds. The zero-order valence-corrected chi connectivity index (χ0v) is 15.5. The Morgan fingerprint density at radius 1 is 1.19 bits per heavy atom. The van der Waals surface area contributed by atoms with Crippen LogP contribution in [0.1, 0.15) is 25.8 Å². The lowest BCUT2D eigenvalue weighted by molar-refractivity contribution is -0.132. The highest BCUT2D eigenvalue weighted by Gasteiger charge is 2.23. The van der Waals surface area contributed by atoms with Crippen molar-refractivity contribution >= 4 is 17.8 Å². The minimum atomic E-state index is -1.19. The van der Waals surface area contributed by atoms with Crippen molar-refractivity contribution in [3.8, 4) is 5.75 Å². The standard InChI is InChI=1S/C19H26N2O5/c1-12(2)9-14(11-17(22)23)18(24)21-16(19(25)20-3)10-13-5-7-15(26-4)8-6-13/h5-8,11-12,16H,9-10H2,1-4H3,(H,20,25)(H,21,24)(H,22,23)/t16-/m0/s1. The lowest BCUT2D eigenvalue weighted by Gasteiger charge is -2.19. The third-order valence-electron chi connectivity index (χ3n) is 3.68. The molecule has 142 valence electrons. The van der Waals surface area contributed by atoms with Gasteiger partial charge in [0.1, 0.15) is 11.8 Å². The molecule has 0 radical (unpaired) electrons. The van der Waals surface area contributed by atoms with E-state index < -0.39 is 17.9 Å². The van der Waals surface area contributed by atoms with Crippen LogP contribution in [0, 0.1) is 5.92 Å². The molecule has 0 heterocycles. The molecule has 1 aromatic carbocycles. The number of amides is 2. The number of rotatable bonds is 9. The van der Waals surface area contributed by atoms with Crippen LogP contribution in [0.2, 0.25) is 0 Å². The van der Waals surface area contributed by atoms with Gasteiger partial charge in [0, 0.05) is 25.1 Å². The van der Waals surface area contributed by atoms with Crippen LogP contribution in [0.15, 0.2) is 35.9 Å². The maximum absolute atomic E-state index is 12.5. The average molecular weight is 362 g/mol. The number of methoxy groups -OCH3 is 1. The van der Waals surface area contributed by atoms with E-state index in [1.54, 1.807) is 19.2 Å². The SMILES string of the molecule is CNC(=O)[C@H](Cc1ccc(OC)cc1)NC(=O)C(=CC(=O)O)CC(C)C. The second-order valence-corrected chi connectivity index (χ2v) is 6.30. The van der Waals surface area contributed by atoms with Gasteiger partial charge in [-0.05, 0) is 30.0 Å². The van der Waals surface area contributed by atoms with E-state index in [2.05, 4.69) is 10.6 Å². The largest absolute Gasteiger partial charge is 0.497 e. The quantitative estimate of drug-likeness (QED) is 0.578. The van der Waals surface area contributed by atoms with Crippen molar-refractivity contribution in [1.82, 2.24) is 10.6 Å². The molecule has 0 aliphatic carbocycles. The highest BCUT2D eigenvalue weighted by atomic mass is 16.5. The summed E-state index contributed by atoms with van der Waals surface area (Å²) in [6.07, 6.45) is 1.47. The van der Waals surface area contributed by atoms with Crippen LogP contribution in [0.3, 0.4) is 0 Å². The summed E-state index contributed by atoms with van der Waals surface area (Å²) >= 11 is 0. The molecule has 0 aromatic heterocycles. The lowest BCUT2D eigenvalue weighted by atomic mass is 10.0. The van der Waals surface area contributed by atoms with Crippen LogP contribution in [0.5, 0.6) is 5.75 Å². The molecule has 0 aliphatic heterocycles. The molecule has 0 saturated carbocycles. The zero-order valence-electron chi connectivity index (χ0n) is 15.5. The Labute approximate surface area is 153 Å². The molecule has 26 heavy (non-hydrogen) atoms. The fourth-order valence-electron chi connectivity index (χ4n) is 2.44. The molecular formula is C19H26N2O5. The van der Waals surface area contributed by atoms with Crippen molar-refractivity contribution in [2.75, 3.05) is 14.2 Å². The summed E-state index contributed by atoms with van der Waals surface area (Å²) < 4.78 is 5.10. The maximum Gasteiger partial charge on any atom is 0.328 e. The molecule has 1 atom stereocenters. The highest BCUT2D eigenvalue weighted by Crippen LogP contribution is 2.14. The fourth-order valence-corrected chi connectivity index (χ4v) is 2.44. The van der Waals surface area contributed by atoms with Gasteiger partial charge >= 0.3 is 5.97 Å². The smallest absolute Gasteiger partial charge is 0.328 e. The van der Waals surface area contributed by atoms with E-state index in [0.29, 0.717) is 12.2 Å². The molecule has 0 bridgehead atoms. The summed E-state index contributed by atoms with van der Waals surface area (Å²) in [7, 11) is 3.05. The first-order valence-electron chi connectivity index (χ1n) is 8.35. The molecule has 7 heteroatoms. The lowest BCUT2D eigenvalue weighted by Crippen LogP contribution is -2.47. The summed E-state index contributed by atoms with van der Waals surface area (Å²) in [6.45, 7) is 3.77. The number of ether oxygens (including phenoxy) is 1. The van der Waals surface area contributed by atoms with Crippen molar-refractivity contribution in [2.45, 2.75) is 32.7 Å². The summed E-state index contributed by atoms with van der Waals surface area (Å²) in [5.41, 5.74) is 0.975. The van der Waals surface area contributed by atoms with Gasteiger partial charge in [-0.2, -0.15) is 0 Å². The number of carbonyl (C=O) groups is 3. The van der Waals surface area contributed by atoms with Crippen molar-refractivity contribution < 1.29 is 24.2 Å². The van der Waals surface area contributed by atoms with Crippen LogP contribution < -0.4 is 15.4 Å². The Bertz CT molecular complexity index is 665. The average Bonchev–Trinajstić information content (AvgIpc) is 2.59. The molecule has 3 N–H and O–H groups in total. The first-order valence-corrected chi connectivity index (χ1v) is 8.35. The van der Waals surface area contributed by atoms with Crippen molar-refractivity contribution in [3.05, 3.63) is 41.5 Å². The normalized spacial score (nSPS) is 12.4. The Balaban J connectivity index is 2.95. The first-order chi connectivity index (χ1) is 12.3. The van der Waals surface area contributed by atoms with Gasteiger partial charge in [0.25, 0.3) is 0 Å². The fraction of sp³-hybridized carbons (Fsp3) is 0.421. The Morgan fingerprint density at radius 2 is 1.81 bits per heavy atom. The molecule has 1 rings (SSSR count). The molecular weight excluding hydrogens is 336 g/mol. The van der Waals surface area contributed by atoms with E-state index in [0.717, 1.165) is 11.6 Å². The van der Waals surface area contributed by atoms with Gasteiger partial charge in [0.2, 0.25) is 11.8 Å². The van der Waals surface area contributed by atoms with Gasteiger partial charge in [-0.1, -0.05) is 26.0 Å². The Hall–Kier alpha value is -2.83. The molecule has 0 spiro atoms. The van der Waals surface area contributed by atoms with E-state index >= 15 is 0 Å². The van der Waals surface area contributed by atoms with E-state index in [4.69, 9.17) is 9.84 Å². The number of aliphatic carboxylic acids is 1. The van der Waals surface area contributed by atoms with Gasteiger partial charge < -0.3 is 20.5 Å². The second kappa shape index (κ2) is 10.2. The summed E-state index contributed by atoms with van der Waals surface area (Å²) in [4.78, 5) is 35.6. The number of carboxylic acid groups (broad SMARTS) is 1. The van der Waals surface area contributed by atoms with E-state index in [1.165, 1.54) is 7.05 Å². The third kappa shape index (κ3) is 6.96. The topological polar surface area (TPSA) is 105 Å². The van der Waals surface area contributed by atoms with Crippen LogP contribution in [-0.2, 0) is 20.8 Å². The van der Waals surface area contributed by atoms with Crippen LogP contribution in [0.25, 0.3) is 0 Å².